The van der Waals surface area contributed by atoms with Crippen LogP contribution in [-0.2, 0) is 29.1 Å². The second kappa shape index (κ2) is 16.2. The molecule has 5 rings (SSSR count). The summed E-state index contributed by atoms with van der Waals surface area (Å²) >= 11 is 0. The van der Waals surface area contributed by atoms with Gasteiger partial charge < -0.3 is 24.4 Å². The largest absolute Gasteiger partial charge is 0.497 e. The van der Waals surface area contributed by atoms with Crippen molar-refractivity contribution in [3.05, 3.63) is 54.8 Å². The molecular weight excluding hydrogens is 719 g/mol. The second-order valence-corrected chi connectivity index (χ2v) is 16.8. The highest BCUT2D eigenvalue weighted by Gasteiger charge is 2.52. The first-order valence-electron chi connectivity index (χ1n) is 18.0. The zero-order chi connectivity index (χ0) is 39.5. The Hall–Kier alpha value is -4.99. The van der Waals surface area contributed by atoms with Crippen LogP contribution in [0.4, 0.5) is 9.59 Å². The number of imide groups is 1. The molecule has 0 spiro atoms. The summed E-state index contributed by atoms with van der Waals surface area (Å²) in [6.45, 7) is 12.0. The number of nitrogens with one attached hydrogen (secondary N) is 2. The van der Waals surface area contributed by atoms with E-state index in [-0.39, 0.29) is 43.4 Å². The number of rotatable bonds is 14. The third-order valence-electron chi connectivity index (χ3n) is 9.65. The average molecular weight is 768 g/mol. The van der Waals surface area contributed by atoms with Gasteiger partial charge in [-0.15, -0.1) is 6.58 Å². The monoisotopic (exact) mass is 767 g/mol. The molecule has 5 amide bonds. The molecule has 1 aliphatic heterocycles. The van der Waals surface area contributed by atoms with Gasteiger partial charge in [0.2, 0.25) is 21.8 Å². The van der Waals surface area contributed by atoms with Gasteiger partial charge in [-0.05, 0) is 101 Å². The number of alkyl carbamates (subject to hydrolysis) is 1. The first-order valence-corrected chi connectivity index (χ1v) is 19.6. The Labute approximate surface area is 315 Å². The number of aromatic nitrogens is 1. The first-order chi connectivity index (χ1) is 25.5. The third-order valence-corrected chi connectivity index (χ3v) is 11.5. The maximum Gasteiger partial charge on any atom is 0.408 e. The van der Waals surface area contributed by atoms with Gasteiger partial charge in [-0.2, -0.15) is 0 Å². The summed E-state index contributed by atoms with van der Waals surface area (Å²) in [5, 5.41) is 3.28. The van der Waals surface area contributed by atoms with Crippen molar-refractivity contribution < 1.29 is 46.6 Å². The number of benzene rings is 1. The van der Waals surface area contributed by atoms with Gasteiger partial charge in [0.1, 0.15) is 29.5 Å². The molecule has 3 fully saturated rings. The summed E-state index contributed by atoms with van der Waals surface area (Å²) in [4.78, 5) is 75.2. The number of hydrogen-bond donors (Lipinski definition) is 2. The summed E-state index contributed by atoms with van der Waals surface area (Å²) < 4.78 is 44.9. The number of likely N-dealkylation sites (tertiary alicyclic amines) is 1. The minimum Gasteiger partial charge on any atom is -0.497 e. The number of methoxy groups -OCH3 is 1. The summed E-state index contributed by atoms with van der Waals surface area (Å²) in [7, 11) is -2.48. The zero-order valence-electron chi connectivity index (χ0n) is 31.5. The molecule has 16 heteroatoms. The van der Waals surface area contributed by atoms with Gasteiger partial charge in [0, 0.05) is 30.5 Å². The number of Topliss-reactive ketones (excluding diaryl/α,β-unsaturated/α-hetero) is 1. The van der Waals surface area contributed by atoms with Crippen molar-refractivity contribution in [2.45, 2.75) is 108 Å². The highest BCUT2D eigenvalue weighted by atomic mass is 32.2. The number of pyridine rings is 1. The Morgan fingerprint density at radius 2 is 1.85 bits per heavy atom. The number of hydrogen-bond acceptors (Lipinski definition) is 11. The lowest BCUT2D eigenvalue weighted by Crippen LogP contribution is -2.57. The maximum atomic E-state index is 14.6. The van der Waals surface area contributed by atoms with Gasteiger partial charge in [0.25, 0.3) is 5.91 Å². The van der Waals surface area contributed by atoms with Crippen molar-refractivity contribution in [3.8, 4) is 11.6 Å². The number of ketones is 1. The van der Waals surface area contributed by atoms with Crippen LogP contribution in [0.2, 0.25) is 0 Å². The second-order valence-electron chi connectivity index (χ2n) is 14.9. The van der Waals surface area contributed by atoms with Gasteiger partial charge in [-0.3, -0.25) is 19.3 Å². The molecule has 2 aromatic rings. The molecule has 15 nitrogen and oxygen atoms in total. The minimum absolute atomic E-state index is 0.0980. The summed E-state index contributed by atoms with van der Waals surface area (Å²) in [6.07, 6.45) is 3.90. The van der Waals surface area contributed by atoms with Crippen molar-refractivity contribution in [3.63, 3.8) is 0 Å². The number of carbonyl (C=O) groups is 5. The average Bonchev–Trinajstić information content (AvgIpc) is 4.05. The number of urea groups is 1. The smallest absolute Gasteiger partial charge is 0.408 e. The van der Waals surface area contributed by atoms with Crippen molar-refractivity contribution in [2.24, 2.45) is 5.92 Å². The Balaban J connectivity index is 1.50. The van der Waals surface area contributed by atoms with E-state index < -0.39 is 69.0 Å². The van der Waals surface area contributed by atoms with Gasteiger partial charge >= 0.3 is 12.1 Å². The van der Waals surface area contributed by atoms with E-state index >= 15 is 0 Å². The molecule has 2 saturated carbocycles. The Bertz CT molecular complexity index is 1950. The van der Waals surface area contributed by atoms with Gasteiger partial charge in [-0.25, -0.2) is 27.7 Å². The van der Waals surface area contributed by atoms with Gasteiger partial charge in [0.05, 0.1) is 18.9 Å². The highest BCUT2D eigenvalue weighted by molar-refractivity contribution is 7.90. The summed E-state index contributed by atoms with van der Waals surface area (Å²) in [5.41, 5.74) is -0.429. The molecule has 2 heterocycles. The molecule has 2 aliphatic carbocycles. The molecule has 2 N–H and O–H groups in total. The van der Waals surface area contributed by atoms with Crippen molar-refractivity contribution in [1.82, 2.24) is 24.8 Å². The number of allylic oxidation sites excluding steroid dienone is 2. The van der Waals surface area contributed by atoms with Crippen LogP contribution in [-0.4, -0.2) is 102 Å². The molecule has 0 radical (unpaired) electrons. The lowest BCUT2D eigenvalue weighted by Gasteiger charge is -2.32. The Kier molecular flexibility index (Phi) is 12.0. The Morgan fingerprint density at radius 3 is 2.46 bits per heavy atom. The van der Waals surface area contributed by atoms with E-state index in [9.17, 15) is 32.4 Å². The molecule has 5 atom stereocenters. The van der Waals surface area contributed by atoms with E-state index in [0.29, 0.717) is 36.0 Å². The SMILES string of the molecule is C=CC1CC1N(C(=O)NS(=O)(=O)C1CC1)C(=O)C1CC(Oc2nccc3cc(OC)ccc23)CN1C(=O)C(CCC(=O)/C(C)=C/C)NC(=O)OC(C)(C)C. The van der Waals surface area contributed by atoms with E-state index in [1.54, 1.807) is 78.3 Å². The number of amides is 5. The molecule has 1 aromatic heterocycles. The molecule has 5 unspecified atom stereocenters. The van der Waals surface area contributed by atoms with Gasteiger partial charge in [0.15, 0.2) is 5.78 Å². The van der Waals surface area contributed by atoms with Crippen LogP contribution < -0.4 is 19.5 Å². The number of sulfonamides is 1. The fourth-order valence-corrected chi connectivity index (χ4v) is 7.63. The predicted octanol–water partition coefficient (Wildman–Crippen LogP) is 4.41. The topological polar surface area (TPSA) is 191 Å². The zero-order valence-corrected chi connectivity index (χ0v) is 32.3. The van der Waals surface area contributed by atoms with Crippen molar-refractivity contribution >= 4 is 50.5 Å². The molecule has 3 aliphatic rings. The van der Waals surface area contributed by atoms with Crippen LogP contribution in [0.1, 0.15) is 73.1 Å². The molecule has 0 bridgehead atoms. The molecule has 292 valence electrons. The van der Waals surface area contributed by atoms with Crippen molar-refractivity contribution in [2.75, 3.05) is 13.7 Å². The van der Waals surface area contributed by atoms with Crippen LogP contribution in [0.15, 0.2) is 54.8 Å². The van der Waals surface area contributed by atoms with Crippen LogP contribution >= 0.6 is 0 Å². The summed E-state index contributed by atoms with van der Waals surface area (Å²) in [5.74, 6) is -1.20. The van der Waals surface area contributed by atoms with Crippen LogP contribution in [0.25, 0.3) is 10.8 Å². The van der Waals surface area contributed by atoms with Crippen LogP contribution in [0.5, 0.6) is 11.6 Å². The predicted molar refractivity (Wildman–Crippen MR) is 199 cm³/mol. The fraction of sp³-hybridized carbons (Fsp3) is 0.526. The number of carbonyl (C=O) groups excluding carboxylic acids is 5. The van der Waals surface area contributed by atoms with Crippen molar-refractivity contribution in [1.29, 1.82) is 0 Å². The Morgan fingerprint density at radius 1 is 1.13 bits per heavy atom. The lowest BCUT2D eigenvalue weighted by molar-refractivity contribution is -0.143. The van der Waals surface area contributed by atoms with Crippen LogP contribution in [0, 0.1) is 5.92 Å². The summed E-state index contributed by atoms with van der Waals surface area (Å²) in [6, 6.07) is 2.67. The number of fused-ring (bicyclic) bond motifs is 1. The number of nitrogens with zero attached hydrogens (tertiary/aromatic N) is 3. The fourth-order valence-electron chi connectivity index (χ4n) is 6.37. The lowest BCUT2D eigenvalue weighted by atomic mass is 10.0. The van der Waals surface area contributed by atoms with E-state index in [1.165, 1.54) is 4.90 Å². The maximum absolute atomic E-state index is 14.6. The van der Waals surface area contributed by atoms with E-state index in [1.807, 2.05) is 6.07 Å². The normalized spacial score (nSPS) is 21.8. The molecular formula is C38H49N5O10S. The standard InChI is InChI=1S/C38H49N5O10S/c1-8-22(3)32(44)15-14-29(40-37(48)53-38(4,5)6)34(45)42-21-26(52-33-28-13-10-25(51-7)18-24(28)16-17-39-33)20-31(42)35(46)43(30-19-23(30)9-2)36(47)41-54(49,50)27-11-12-27/h8-10,13,16-18,23,26-27,29-31H,2,11-12,14-15,19-21H2,1,3-7H3,(H,40,48)(H,41,47)/b22-8+. The van der Waals surface area contributed by atoms with Crippen LogP contribution in [0.3, 0.4) is 0 Å². The van der Waals surface area contributed by atoms with E-state index in [0.717, 1.165) is 10.3 Å². The quantitative estimate of drug-likeness (QED) is 0.205. The van der Waals surface area contributed by atoms with Gasteiger partial charge in [-0.1, -0.05) is 12.2 Å². The third kappa shape index (κ3) is 9.56. The minimum atomic E-state index is -4.03. The van der Waals surface area contributed by atoms with E-state index in [4.69, 9.17) is 14.2 Å². The van der Waals surface area contributed by atoms with E-state index in [2.05, 4.69) is 21.6 Å². The molecule has 1 aromatic carbocycles. The molecule has 1 saturated heterocycles. The highest BCUT2D eigenvalue weighted by Crippen LogP contribution is 2.39. The number of ether oxygens (including phenoxy) is 3. The first kappa shape index (κ1) is 40.2. The molecule has 54 heavy (non-hydrogen) atoms.